The highest BCUT2D eigenvalue weighted by atomic mass is 32.1. The molecule has 1 aromatic heterocycles. The summed E-state index contributed by atoms with van der Waals surface area (Å²) in [6.07, 6.45) is 6.30. The molecule has 1 N–H and O–H groups in total. The van der Waals surface area contributed by atoms with Gasteiger partial charge in [-0.05, 0) is 25.2 Å². The Kier molecular flexibility index (Phi) is 6.49. The van der Waals surface area contributed by atoms with Gasteiger partial charge >= 0.3 is 0 Å². The van der Waals surface area contributed by atoms with Crippen molar-refractivity contribution in [3.63, 3.8) is 0 Å². The highest BCUT2D eigenvalue weighted by molar-refractivity contribution is 7.15. The number of hydrogen-bond donors (Lipinski definition) is 1. The molecule has 120 valence electrons. The molecule has 4 heteroatoms. The van der Waals surface area contributed by atoms with Gasteiger partial charge in [0.1, 0.15) is 0 Å². The van der Waals surface area contributed by atoms with E-state index in [1.54, 1.807) is 0 Å². The van der Waals surface area contributed by atoms with Gasteiger partial charge in [-0.3, -0.25) is 0 Å². The van der Waals surface area contributed by atoms with Crippen molar-refractivity contribution in [2.45, 2.75) is 72.4 Å². The van der Waals surface area contributed by atoms with Gasteiger partial charge in [-0.25, -0.2) is 4.98 Å². The highest BCUT2D eigenvalue weighted by Crippen LogP contribution is 2.32. The van der Waals surface area contributed by atoms with E-state index in [0.29, 0.717) is 6.04 Å². The summed E-state index contributed by atoms with van der Waals surface area (Å²) in [4.78, 5) is 8.92. The first-order valence-corrected chi connectivity index (χ1v) is 9.42. The second-order valence-electron chi connectivity index (χ2n) is 6.54. The van der Waals surface area contributed by atoms with Crippen LogP contribution >= 0.6 is 11.3 Å². The maximum absolute atomic E-state index is 4.96. The molecule has 1 aliphatic heterocycles. The van der Waals surface area contributed by atoms with Crippen LogP contribution in [0.4, 0.5) is 5.13 Å². The van der Waals surface area contributed by atoms with Crippen molar-refractivity contribution in [2.24, 2.45) is 5.92 Å². The van der Waals surface area contributed by atoms with E-state index in [1.807, 2.05) is 11.3 Å². The van der Waals surface area contributed by atoms with Crippen LogP contribution in [0, 0.1) is 5.92 Å². The predicted octanol–water partition coefficient (Wildman–Crippen LogP) is 4.22. The molecule has 0 aromatic carbocycles. The van der Waals surface area contributed by atoms with Crippen molar-refractivity contribution in [1.29, 1.82) is 0 Å². The zero-order valence-corrected chi connectivity index (χ0v) is 14.9. The fraction of sp³-hybridized carbons (Fsp3) is 0.824. The Morgan fingerprint density at radius 2 is 2.14 bits per heavy atom. The summed E-state index contributed by atoms with van der Waals surface area (Å²) in [7, 11) is 0. The molecule has 0 radical (unpaired) electrons. The molecule has 1 aliphatic rings. The lowest BCUT2D eigenvalue weighted by Crippen LogP contribution is -2.21. The number of anilines is 1. The van der Waals surface area contributed by atoms with Gasteiger partial charge in [-0.15, -0.1) is 11.3 Å². The van der Waals surface area contributed by atoms with Crippen molar-refractivity contribution in [1.82, 2.24) is 10.3 Å². The molecule has 1 fully saturated rings. The number of aryl methyl sites for hydroxylation is 1. The Bertz CT molecular complexity index is 428. The Balaban J connectivity index is 2.04. The van der Waals surface area contributed by atoms with Crippen LogP contribution in [-0.2, 0) is 13.0 Å². The summed E-state index contributed by atoms with van der Waals surface area (Å²) in [6, 6.07) is 0.533. The summed E-state index contributed by atoms with van der Waals surface area (Å²) in [5.74, 6) is 0.880. The Morgan fingerprint density at radius 3 is 2.81 bits per heavy atom. The highest BCUT2D eigenvalue weighted by Gasteiger charge is 2.25. The fourth-order valence-corrected chi connectivity index (χ4v) is 4.11. The first-order valence-electron chi connectivity index (χ1n) is 8.60. The van der Waals surface area contributed by atoms with Crippen LogP contribution in [0.15, 0.2) is 0 Å². The first-order chi connectivity index (χ1) is 10.1. The third-order valence-electron chi connectivity index (χ3n) is 4.18. The number of thiazole rings is 1. The molecule has 0 bridgehead atoms. The molecule has 0 aliphatic carbocycles. The monoisotopic (exact) mass is 309 g/mol. The summed E-state index contributed by atoms with van der Waals surface area (Å²) in [5.41, 5.74) is 1.32. The van der Waals surface area contributed by atoms with E-state index >= 15 is 0 Å². The Morgan fingerprint density at radius 1 is 1.33 bits per heavy atom. The number of hydrogen-bond acceptors (Lipinski definition) is 4. The maximum Gasteiger partial charge on any atom is 0.185 e. The van der Waals surface area contributed by atoms with Crippen molar-refractivity contribution in [2.75, 3.05) is 18.0 Å². The van der Waals surface area contributed by atoms with Gasteiger partial charge in [-0.1, -0.05) is 40.5 Å². The smallest absolute Gasteiger partial charge is 0.185 e. The summed E-state index contributed by atoms with van der Waals surface area (Å²) in [6.45, 7) is 12.3. The molecule has 2 heterocycles. The van der Waals surface area contributed by atoms with E-state index in [1.165, 1.54) is 54.5 Å². The molecular weight excluding hydrogens is 278 g/mol. The summed E-state index contributed by atoms with van der Waals surface area (Å²) < 4.78 is 0. The molecule has 3 nitrogen and oxygen atoms in total. The number of nitrogens with zero attached hydrogens (tertiary/aromatic N) is 2. The predicted molar refractivity (Wildman–Crippen MR) is 93.3 cm³/mol. The average Bonchev–Trinajstić information content (AvgIpc) is 3.04. The van der Waals surface area contributed by atoms with Crippen LogP contribution in [0.1, 0.15) is 63.9 Å². The molecule has 1 aromatic rings. The molecule has 2 rings (SSSR count). The van der Waals surface area contributed by atoms with Crippen molar-refractivity contribution in [3.8, 4) is 0 Å². The first kappa shape index (κ1) is 16.8. The van der Waals surface area contributed by atoms with Gasteiger partial charge in [0.05, 0.1) is 5.69 Å². The zero-order valence-electron chi connectivity index (χ0n) is 14.1. The Labute approximate surface area is 134 Å². The lowest BCUT2D eigenvalue weighted by atomic mass is 10.0. The van der Waals surface area contributed by atoms with Gasteiger partial charge < -0.3 is 10.2 Å². The standard InChI is InChI=1S/C17H31N3S/c1-5-7-14-9-10-20(12-14)17-19-15(8-6-2)16(21-17)11-18-13(3)4/h13-14,18H,5-12H2,1-4H3. The van der Waals surface area contributed by atoms with E-state index in [-0.39, 0.29) is 0 Å². The van der Waals surface area contributed by atoms with E-state index in [9.17, 15) is 0 Å². The molecular formula is C17H31N3S. The molecule has 1 atom stereocenters. The van der Waals surface area contributed by atoms with Crippen molar-refractivity contribution < 1.29 is 0 Å². The quantitative estimate of drug-likeness (QED) is 0.779. The average molecular weight is 310 g/mol. The van der Waals surface area contributed by atoms with Crippen LogP contribution in [0.2, 0.25) is 0 Å². The number of nitrogens with one attached hydrogen (secondary N) is 1. The molecule has 21 heavy (non-hydrogen) atoms. The molecule has 1 saturated heterocycles. The molecule has 0 saturated carbocycles. The normalized spacial score (nSPS) is 18.9. The summed E-state index contributed by atoms with van der Waals surface area (Å²) >= 11 is 1.91. The second kappa shape index (κ2) is 8.14. The van der Waals surface area contributed by atoms with E-state index < -0.39 is 0 Å². The van der Waals surface area contributed by atoms with E-state index in [2.05, 4.69) is 37.9 Å². The minimum atomic E-state index is 0.533. The molecule has 0 spiro atoms. The minimum Gasteiger partial charge on any atom is -0.348 e. The van der Waals surface area contributed by atoms with Gasteiger partial charge in [0.15, 0.2) is 5.13 Å². The number of aromatic nitrogens is 1. The SMILES string of the molecule is CCCc1nc(N2CCC(CCC)C2)sc1CNC(C)C. The third-order valence-corrected chi connectivity index (χ3v) is 5.34. The molecule has 1 unspecified atom stereocenters. The van der Waals surface area contributed by atoms with Gasteiger partial charge in [0.25, 0.3) is 0 Å². The van der Waals surface area contributed by atoms with Gasteiger partial charge in [-0.2, -0.15) is 0 Å². The van der Waals surface area contributed by atoms with Crippen molar-refractivity contribution in [3.05, 3.63) is 10.6 Å². The topological polar surface area (TPSA) is 28.2 Å². The second-order valence-corrected chi connectivity index (χ2v) is 7.60. The largest absolute Gasteiger partial charge is 0.348 e. The summed E-state index contributed by atoms with van der Waals surface area (Å²) in [5, 5.41) is 4.81. The fourth-order valence-electron chi connectivity index (χ4n) is 3.02. The van der Waals surface area contributed by atoms with Crippen LogP contribution in [-0.4, -0.2) is 24.1 Å². The zero-order chi connectivity index (χ0) is 15.2. The van der Waals surface area contributed by atoms with Gasteiger partial charge in [0.2, 0.25) is 0 Å². The van der Waals surface area contributed by atoms with E-state index in [0.717, 1.165) is 18.9 Å². The van der Waals surface area contributed by atoms with Crippen LogP contribution in [0.3, 0.4) is 0 Å². The van der Waals surface area contributed by atoms with Crippen LogP contribution < -0.4 is 10.2 Å². The van der Waals surface area contributed by atoms with Crippen molar-refractivity contribution >= 4 is 16.5 Å². The lowest BCUT2D eigenvalue weighted by Gasteiger charge is -2.14. The number of rotatable bonds is 8. The third kappa shape index (κ3) is 4.68. The lowest BCUT2D eigenvalue weighted by molar-refractivity contribution is 0.529. The molecule has 0 amide bonds. The Hall–Kier alpha value is -0.610. The minimum absolute atomic E-state index is 0.533. The van der Waals surface area contributed by atoms with Crippen LogP contribution in [0.5, 0.6) is 0 Å². The maximum atomic E-state index is 4.96. The van der Waals surface area contributed by atoms with Crippen LogP contribution in [0.25, 0.3) is 0 Å². The van der Waals surface area contributed by atoms with E-state index in [4.69, 9.17) is 4.98 Å². The van der Waals surface area contributed by atoms with Gasteiger partial charge in [0, 0.05) is 30.6 Å².